The third-order valence-electron chi connectivity index (χ3n) is 6.21. The van der Waals surface area contributed by atoms with Gasteiger partial charge in [-0.3, -0.25) is 24.0 Å². The first-order valence-electron chi connectivity index (χ1n) is 12.4. The van der Waals surface area contributed by atoms with E-state index in [0.717, 1.165) is 10.5 Å². The number of non-ortho nitro benzene ring substituents is 1. The molecule has 1 saturated heterocycles. The molecular weight excluding hydrogens is 544 g/mol. The maximum atomic E-state index is 13.3. The summed E-state index contributed by atoms with van der Waals surface area (Å²) in [6.45, 7) is 4.72. The van der Waals surface area contributed by atoms with Gasteiger partial charge in [-0.1, -0.05) is 30.3 Å². The zero-order valence-electron chi connectivity index (χ0n) is 22.0. The highest BCUT2D eigenvalue weighted by Gasteiger charge is 2.60. The van der Waals surface area contributed by atoms with Gasteiger partial charge in [0, 0.05) is 12.1 Å². The van der Waals surface area contributed by atoms with E-state index in [1.807, 2.05) is 6.07 Å². The average molecular weight is 573 g/mol. The lowest BCUT2D eigenvalue weighted by Gasteiger charge is -2.50. The zero-order chi connectivity index (χ0) is 29.0. The molecule has 1 amide bonds. The Hall–Kier alpha value is -4.26. The fourth-order valence-corrected chi connectivity index (χ4v) is 6.09. The zero-order valence-corrected chi connectivity index (χ0v) is 22.8. The maximum Gasteiger partial charge on any atom is 0.508 e. The summed E-state index contributed by atoms with van der Waals surface area (Å²) >= 11 is 0. The van der Waals surface area contributed by atoms with Crippen molar-refractivity contribution >= 4 is 34.5 Å². The van der Waals surface area contributed by atoms with E-state index in [2.05, 4.69) is 0 Å². The molecule has 2 aromatic rings. The predicted octanol–water partition coefficient (Wildman–Crippen LogP) is 3.56. The highest BCUT2D eigenvalue weighted by atomic mass is 32.2. The van der Waals surface area contributed by atoms with Gasteiger partial charge in [-0.2, -0.15) is 0 Å². The van der Waals surface area contributed by atoms with Crippen LogP contribution in [-0.4, -0.2) is 55.4 Å². The van der Waals surface area contributed by atoms with Crippen molar-refractivity contribution in [3.05, 3.63) is 87.3 Å². The van der Waals surface area contributed by atoms with Gasteiger partial charge in [0.15, 0.2) is 5.70 Å². The summed E-state index contributed by atoms with van der Waals surface area (Å²) in [5, 5.41) is 9.85. The second-order valence-corrected chi connectivity index (χ2v) is 11.0. The van der Waals surface area contributed by atoms with Crippen LogP contribution in [0.3, 0.4) is 0 Å². The molecule has 4 rings (SSSR count). The van der Waals surface area contributed by atoms with Crippen LogP contribution in [0.15, 0.2) is 66.1 Å². The minimum Gasteiger partial charge on any atom is -0.492 e. The topological polar surface area (TPSA) is 152 Å². The van der Waals surface area contributed by atoms with Crippen molar-refractivity contribution in [2.75, 3.05) is 5.75 Å². The number of ether oxygens (including phenoxy) is 4. The first kappa shape index (κ1) is 28.7. The molecule has 0 saturated carbocycles. The Morgan fingerprint density at radius 1 is 1.02 bits per heavy atom. The van der Waals surface area contributed by atoms with Gasteiger partial charge < -0.3 is 18.9 Å². The van der Waals surface area contributed by atoms with E-state index in [0.29, 0.717) is 5.56 Å². The summed E-state index contributed by atoms with van der Waals surface area (Å²) in [5.41, 5.74) is 1.04. The lowest BCUT2D eigenvalue weighted by molar-refractivity contribution is -0.384. The summed E-state index contributed by atoms with van der Waals surface area (Å²) in [6.07, 6.45) is -2.43. The van der Waals surface area contributed by atoms with Crippen molar-refractivity contribution < 1.29 is 42.5 Å². The van der Waals surface area contributed by atoms with E-state index in [1.54, 1.807) is 38.1 Å². The van der Waals surface area contributed by atoms with Crippen molar-refractivity contribution in [3.63, 3.8) is 0 Å². The number of β-lactam (4-membered cyclic amide) rings is 1. The molecule has 2 unspecified atom stereocenters. The van der Waals surface area contributed by atoms with E-state index >= 15 is 0 Å². The minimum atomic E-state index is -1.65. The second kappa shape index (κ2) is 12.3. The molecule has 2 aliphatic rings. The van der Waals surface area contributed by atoms with Crippen molar-refractivity contribution in [2.24, 2.45) is 5.92 Å². The van der Waals surface area contributed by atoms with Gasteiger partial charge in [0.2, 0.25) is 5.91 Å². The van der Waals surface area contributed by atoms with Crippen LogP contribution in [0.5, 0.6) is 0 Å². The summed E-state index contributed by atoms with van der Waals surface area (Å²) in [6, 6.07) is 14.4. The minimum absolute atomic E-state index is 0.0303. The Kier molecular flexibility index (Phi) is 8.83. The molecule has 0 N–H and O–H groups in total. The number of esters is 1. The maximum absolute atomic E-state index is 13.3. The van der Waals surface area contributed by atoms with Crippen LogP contribution in [0.2, 0.25) is 0 Å². The first-order valence-corrected chi connectivity index (χ1v) is 13.8. The number of hydrogen-bond donors (Lipinski definition) is 0. The molecule has 0 radical (unpaired) electrons. The molecule has 212 valence electrons. The highest BCUT2D eigenvalue weighted by Crippen LogP contribution is 2.42. The third kappa shape index (κ3) is 6.30. The first-order chi connectivity index (χ1) is 19.1. The molecule has 0 aliphatic carbocycles. The predicted molar refractivity (Wildman–Crippen MR) is 140 cm³/mol. The summed E-state index contributed by atoms with van der Waals surface area (Å²) in [5.74, 6) is -2.35. The normalized spacial score (nSPS) is 20.8. The number of nitro groups is 1. The lowest BCUT2D eigenvalue weighted by Crippen LogP contribution is -2.68. The van der Waals surface area contributed by atoms with Crippen LogP contribution < -0.4 is 0 Å². The van der Waals surface area contributed by atoms with Gasteiger partial charge in [-0.25, -0.2) is 9.59 Å². The van der Waals surface area contributed by atoms with Crippen LogP contribution in [0.4, 0.5) is 10.5 Å². The number of hydrogen-bond acceptors (Lipinski definition) is 10. The van der Waals surface area contributed by atoms with Gasteiger partial charge in [0.25, 0.3) is 5.69 Å². The van der Waals surface area contributed by atoms with Gasteiger partial charge in [-0.05, 0) is 44.0 Å². The average Bonchev–Trinajstić information content (AvgIpc) is 2.91. The molecule has 1 fully saturated rings. The van der Waals surface area contributed by atoms with E-state index in [9.17, 15) is 28.7 Å². The highest BCUT2D eigenvalue weighted by molar-refractivity contribution is 7.86. The number of nitro benzene ring substituents is 1. The van der Waals surface area contributed by atoms with Crippen LogP contribution >= 0.6 is 0 Å². The third-order valence-corrected chi connectivity index (χ3v) is 7.80. The number of benzene rings is 2. The SMILES string of the molecule is CC(C)OC1=C(C(=O)OCc2ccccc2)N2C(=O)[C@H](C(C)OC(=O)OCc3ccc([N+](=O)[O-])cc3)[C@H]2S(=O)C1. The van der Waals surface area contributed by atoms with Crippen molar-refractivity contribution in [1.82, 2.24) is 4.90 Å². The molecule has 2 heterocycles. The van der Waals surface area contributed by atoms with E-state index in [-0.39, 0.29) is 42.2 Å². The quantitative estimate of drug-likeness (QED) is 0.179. The van der Waals surface area contributed by atoms with E-state index in [4.69, 9.17) is 18.9 Å². The van der Waals surface area contributed by atoms with Gasteiger partial charge in [0.1, 0.15) is 36.4 Å². The monoisotopic (exact) mass is 572 g/mol. The Balaban J connectivity index is 1.42. The molecule has 13 heteroatoms. The molecule has 2 aromatic carbocycles. The van der Waals surface area contributed by atoms with E-state index in [1.165, 1.54) is 31.2 Å². The van der Waals surface area contributed by atoms with E-state index < -0.39 is 51.2 Å². The van der Waals surface area contributed by atoms with Gasteiger partial charge >= 0.3 is 12.1 Å². The molecule has 0 spiro atoms. The standard InChI is InChI=1S/C27H28N2O10S/c1-16(2)38-21-15-40(35)25-22(17(3)39-27(32)37-14-19-9-11-20(12-10-19)29(33)34)24(30)28(25)23(21)26(31)36-13-18-7-5-4-6-8-18/h4-12,16-17,22,25H,13-15H2,1-3H3/t17?,22-,25+,40?/m0/s1. The number of fused-ring (bicyclic) bond motifs is 1. The molecule has 0 aromatic heterocycles. The fourth-order valence-electron chi connectivity index (χ4n) is 4.35. The molecule has 0 bridgehead atoms. The van der Waals surface area contributed by atoms with Crippen molar-refractivity contribution in [3.8, 4) is 0 Å². The number of nitrogens with zero attached hydrogens (tertiary/aromatic N) is 2. The number of carbonyl (C=O) groups excluding carboxylic acids is 3. The van der Waals surface area contributed by atoms with Crippen LogP contribution in [-0.2, 0) is 52.5 Å². The van der Waals surface area contributed by atoms with Crippen molar-refractivity contribution in [1.29, 1.82) is 0 Å². The Morgan fingerprint density at radius 2 is 1.65 bits per heavy atom. The molecule has 40 heavy (non-hydrogen) atoms. The van der Waals surface area contributed by atoms with Crippen LogP contribution in [0.25, 0.3) is 0 Å². The molecule has 12 nitrogen and oxygen atoms in total. The molecule has 2 aliphatic heterocycles. The molecule has 4 atom stereocenters. The molecular formula is C27H28N2O10S. The number of rotatable bonds is 10. The smallest absolute Gasteiger partial charge is 0.492 e. The summed E-state index contributed by atoms with van der Waals surface area (Å²) in [4.78, 5) is 50.0. The number of amides is 1. The fraction of sp³-hybridized carbons (Fsp3) is 0.370. The summed E-state index contributed by atoms with van der Waals surface area (Å²) < 4.78 is 34.7. The van der Waals surface area contributed by atoms with Crippen LogP contribution in [0.1, 0.15) is 31.9 Å². The Morgan fingerprint density at radius 3 is 2.27 bits per heavy atom. The number of carbonyl (C=O) groups is 3. The van der Waals surface area contributed by atoms with Crippen LogP contribution in [0, 0.1) is 16.0 Å². The largest absolute Gasteiger partial charge is 0.508 e. The second-order valence-electron chi connectivity index (χ2n) is 9.43. The lowest BCUT2D eigenvalue weighted by atomic mass is 9.91. The van der Waals surface area contributed by atoms with Gasteiger partial charge in [-0.15, -0.1) is 0 Å². The van der Waals surface area contributed by atoms with Gasteiger partial charge in [0.05, 0.1) is 27.6 Å². The van der Waals surface area contributed by atoms with Crippen molar-refractivity contribution in [2.45, 2.75) is 51.6 Å². The Bertz CT molecular complexity index is 1340. The summed E-state index contributed by atoms with van der Waals surface area (Å²) in [7, 11) is -1.65. The Labute approximate surface area is 232 Å².